The Morgan fingerprint density at radius 2 is 2.18 bits per heavy atom. The van der Waals surface area contributed by atoms with E-state index in [1.165, 1.54) is 0 Å². The number of halogens is 2. The second-order valence-corrected chi connectivity index (χ2v) is 3.22. The lowest BCUT2D eigenvalue weighted by Crippen LogP contribution is -2.38. The lowest BCUT2D eigenvalue weighted by molar-refractivity contribution is 0.0903. The molecule has 1 saturated heterocycles. The molecule has 0 aromatic carbocycles. The van der Waals surface area contributed by atoms with Crippen molar-refractivity contribution in [3.05, 3.63) is 0 Å². The fraction of sp³-hybridized carbons (Fsp3) is 1.00. The molecule has 66 valence electrons. The van der Waals surface area contributed by atoms with Gasteiger partial charge in [-0.2, -0.15) is 0 Å². The highest BCUT2D eigenvalue weighted by atomic mass is 19.3. The van der Waals surface area contributed by atoms with E-state index in [1.807, 2.05) is 11.9 Å². The highest BCUT2D eigenvalue weighted by molar-refractivity contribution is 4.82. The van der Waals surface area contributed by atoms with Crippen molar-refractivity contribution in [1.29, 1.82) is 0 Å². The zero-order valence-electron chi connectivity index (χ0n) is 6.63. The first-order chi connectivity index (χ1) is 5.11. The van der Waals surface area contributed by atoms with Gasteiger partial charge >= 0.3 is 0 Å². The minimum Gasteiger partial charge on any atom is -0.323 e. The van der Waals surface area contributed by atoms with E-state index in [-0.39, 0.29) is 5.92 Å². The average molecular weight is 164 g/mol. The topological polar surface area (TPSA) is 29.3 Å². The molecular formula is C7H14F2N2. The molecule has 0 radical (unpaired) electrons. The molecule has 0 spiro atoms. The monoisotopic (exact) mass is 164 g/mol. The third kappa shape index (κ3) is 2.10. The Kier molecular flexibility index (Phi) is 2.78. The van der Waals surface area contributed by atoms with Crippen molar-refractivity contribution in [3.8, 4) is 0 Å². The molecule has 1 rings (SSSR count). The zero-order valence-corrected chi connectivity index (χ0v) is 6.63. The third-order valence-electron chi connectivity index (χ3n) is 2.26. The van der Waals surface area contributed by atoms with E-state index in [9.17, 15) is 8.78 Å². The van der Waals surface area contributed by atoms with Crippen LogP contribution in [-0.4, -0.2) is 37.5 Å². The quantitative estimate of drug-likeness (QED) is 0.645. The van der Waals surface area contributed by atoms with Crippen LogP contribution in [0.3, 0.4) is 0 Å². The molecule has 11 heavy (non-hydrogen) atoms. The Balaban J connectivity index is 2.36. The molecule has 1 aliphatic rings. The number of nitrogens with zero attached hydrogens (tertiary/aromatic N) is 1. The van der Waals surface area contributed by atoms with E-state index in [4.69, 9.17) is 5.73 Å². The summed E-state index contributed by atoms with van der Waals surface area (Å²) in [6.07, 6.45) is -1.56. The summed E-state index contributed by atoms with van der Waals surface area (Å²) in [6.45, 7) is 1.61. The molecule has 0 amide bonds. The Morgan fingerprint density at radius 1 is 1.55 bits per heavy atom. The van der Waals surface area contributed by atoms with Crippen LogP contribution in [0.2, 0.25) is 0 Å². The van der Waals surface area contributed by atoms with E-state index in [0.29, 0.717) is 6.54 Å². The normalized spacial score (nSPS) is 29.7. The summed E-state index contributed by atoms with van der Waals surface area (Å²) in [6, 6.07) is -0.931. The predicted octanol–water partition coefficient (Wildman–Crippen LogP) is 0.531. The molecule has 0 aromatic rings. The van der Waals surface area contributed by atoms with Crippen LogP contribution in [-0.2, 0) is 0 Å². The van der Waals surface area contributed by atoms with Gasteiger partial charge in [-0.05, 0) is 25.9 Å². The summed E-state index contributed by atoms with van der Waals surface area (Å²) in [5.74, 6) is -0.0139. The Hall–Kier alpha value is -0.220. The number of alkyl halides is 2. The van der Waals surface area contributed by atoms with Crippen molar-refractivity contribution < 1.29 is 8.78 Å². The lowest BCUT2D eigenvalue weighted by Gasteiger charge is -2.17. The highest BCUT2D eigenvalue weighted by Crippen LogP contribution is 2.20. The maximum Gasteiger partial charge on any atom is 0.253 e. The van der Waals surface area contributed by atoms with Crippen LogP contribution in [0.5, 0.6) is 0 Å². The van der Waals surface area contributed by atoms with Gasteiger partial charge in [-0.25, -0.2) is 8.78 Å². The van der Waals surface area contributed by atoms with Crippen molar-refractivity contribution in [3.63, 3.8) is 0 Å². The summed E-state index contributed by atoms with van der Waals surface area (Å²) in [5, 5.41) is 0. The number of likely N-dealkylation sites (tertiary alicyclic amines) is 1. The zero-order chi connectivity index (χ0) is 8.43. The standard InChI is InChI=1S/C7H14F2N2/c1-11-3-2-5(4-11)6(10)7(8)9/h5-7H,2-4,10H2,1H3. The second-order valence-electron chi connectivity index (χ2n) is 3.22. The number of nitrogens with two attached hydrogens (primary N) is 1. The molecule has 1 aliphatic heterocycles. The Morgan fingerprint density at radius 3 is 2.55 bits per heavy atom. The Bertz CT molecular complexity index is 130. The predicted molar refractivity (Wildman–Crippen MR) is 39.6 cm³/mol. The lowest BCUT2D eigenvalue weighted by atomic mass is 10.0. The van der Waals surface area contributed by atoms with E-state index in [2.05, 4.69) is 0 Å². The molecule has 2 N–H and O–H groups in total. The summed E-state index contributed by atoms with van der Waals surface area (Å²) >= 11 is 0. The molecule has 0 saturated carbocycles. The molecule has 0 aliphatic carbocycles. The first-order valence-electron chi connectivity index (χ1n) is 3.83. The third-order valence-corrected chi connectivity index (χ3v) is 2.26. The van der Waals surface area contributed by atoms with E-state index in [0.717, 1.165) is 13.0 Å². The fourth-order valence-electron chi connectivity index (χ4n) is 1.49. The molecule has 2 nitrogen and oxygen atoms in total. The molecule has 1 fully saturated rings. The van der Waals surface area contributed by atoms with E-state index < -0.39 is 12.5 Å². The maximum absolute atomic E-state index is 12.1. The number of rotatable bonds is 2. The summed E-state index contributed by atoms with van der Waals surface area (Å²) in [5.41, 5.74) is 5.31. The van der Waals surface area contributed by atoms with Crippen LogP contribution in [0.4, 0.5) is 8.78 Å². The summed E-state index contributed by atoms with van der Waals surface area (Å²) in [4.78, 5) is 2.03. The minimum absolute atomic E-state index is 0.0139. The van der Waals surface area contributed by atoms with Crippen LogP contribution in [0, 0.1) is 5.92 Å². The smallest absolute Gasteiger partial charge is 0.253 e. The van der Waals surface area contributed by atoms with Crippen LogP contribution < -0.4 is 5.73 Å². The number of hydrogen-bond donors (Lipinski definition) is 1. The van der Waals surface area contributed by atoms with Gasteiger partial charge in [-0.3, -0.25) is 0 Å². The van der Waals surface area contributed by atoms with Crippen molar-refractivity contribution in [2.24, 2.45) is 11.7 Å². The molecule has 1 heterocycles. The number of hydrogen-bond acceptors (Lipinski definition) is 2. The fourth-order valence-corrected chi connectivity index (χ4v) is 1.49. The minimum atomic E-state index is -2.37. The molecule has 4 heteroatoms. The SMILES string of the molecule is CN1CCC(C(N)C(F)F)C1. The maximum atomic E-state index is 12.1. The van der Waals surface area contributed by atoms with Gasteiger partial charge in [0.2, 0.25) is 0 Å². The van der Waals surface area contributed by atoms with Gasteiger partial charge in [0, 0.05) is 6.54 Å². The second kappa shape index (κ2) is 3.45. The van der Waals surface area contributed by atoms with Gasteiger partial charge in [0.25, 0.3) is 6.43 Å². The van der Waals surface area contributed by atoms with E-state index >= 15 is 0 Å². The van der Waals surface area contributed by atoms with Crippen LogP contribution in [0.15, 0.2) is 0 Å². The molecule has 0 aromatic heterocycles. The van der Waals surface area contributed by atoms with Gasteiger partial charge in [-0.1, -0.05) is 0 Å². The summed E-state index contributed by atoms with van der Waals surface area (Å²) < 4.78 is 24.1. The van der Waals surface area contributed by atoms with Crippen LogP contribution >= 0.6 is 0 Å². The van der Waals surface area contributed by atoms with Gasteiger partial charge in [0.15, 0.2) is 0 Å². The first kappa shape index (κ1) is 8.87. The largest absolute Gasteiger partial charge is 0.323 e. The van der Waals surface area contributed by atoms with Crippen molar-refractivity contribution >= 4 is 0 Å². The molecule has 2 unspecified atom stereocenters. The van der Waals surface area contributed by atoms with Crippen LogP contribution in [0.25, 0.3) is 0 Å². The van der Waals surface area contributed by atoms with Gasteiger partial charge in [0.1, 0.15) is 0 Å². The van der Waals surface area contributed by atoms with Gasteiger partial charge < -0.3 is 10.6 Å². The highest BCUT2D eigenvalue weighted by Gasteiger charge is 2.30. The van der Waals surface area contributed by atoms with Crippen molar-refractivity contribution in [2.75, 3.05) is 20.1 Å². The van der Waals surface area contributed by atoms with Gasteiger partial charge in [-0.15, -0.1) is 0 Å². The van der Waals surface area contributed by atoms with Crippen molar-refractivity contribution in [1.82, 2.24) is 4.90 Å². The average Bonchev–Trinajstić information content (AvgIpc) is 2.34. The Labute approximate surface area is 65.4 Å². The van der Waals surface area contributed by atoms with Gasteiger partial charge in [0.05, 0.1) is 6.04 Å². The molecule has 2 atom stereocenters. The van der Waals surface area contributed by atoms with E-state index in [1.54, 1.807) is 0 Å². The van der Waals surface area contributed by atoms with Crippen molar-refractivity contribution in [2.45, 2.75) is 18.9 Å². The van der Waals surface area contributed by atoms with Crippen LogP contribution in [0.1, 0.15) is 6.42 Å². The summed E-state index contributed by atoms with van der Waals surface area (Å²) in [7, 11) is 1.93. The first-order valence-corrected chi connectivity index (χ1v) is 3.83. The molecule has 0 bridgehead atoms. The molecular weight excluding hydrogens is 150 g/mol.